The molecule has 0 bridgehead atoms. The number of rotatable bonds is 2. The first-order valence-electron chi connectivity index (χ1n) is 6.74. The molecule has 24 heavy (non-hydrogen) atoms. The van der Waals surface area contributed by atoms with Crippen LogP contribution in [0.1, 0.15) is 10.4 Å². The Bertz CT molecular complexity index is 988. The Morgan fingerprint density at radius 2 is 1.67 bits per heavy atom. The number of hydrogen-bond donors (Lipinski definition) is 0. The Hall–Kier alpha value is -3.09. The van der Waals surface area contributed by atoms with Gasteiger partial charge in [-0.25, -0.2) is 4.79 Å². The molecule has 2 aromatic carbocycles. The van der Waals surface area contributed by atoms with E-state index in [2.05, 4.69) is 0 Å². The highest BCUT2D eigenvalue weighted by Gasteiger charge is 2.41. The van der Waals surface area contributed by atoms with Crippen LogP contribution in [0.25, 0.3) is 22.1 Å². The van der Waals surface area contributed by atoms with Crippen molar-refractivity contribution in [2.75, 3.05) is 0 Å². The van der Waals surface area contributed by atoms with Gasteiger partial charge in [0, 0.05) is 5.39 Å². The zero-order valence-electron chi connectivity index (χ0n) is 11.9. The van der Waals surface area contributed by atoms with Crippen LogP contribution in [0.15, 0.2) is 57.7 Å². The molecule has 0 aliphatic rings. The topological polar surface area (TPSA) is 70.3 Å². The Labute approximate surface area is 132 Å². The van der Waals surface area contributed by atoms with E-state index < -0.39 is 28.9 Å². The molecule has 0 saturated heterocycles. The summed E-state index contributed by atoms with van der Waals surface area (Å²) in [5, 5.41) is 11.8. The van der Waals surface area contributed by atoms with Crippen molar-refractivity contribution in [1.82, 2.24) is 0 Å². The predicted octanol–water partition coefficient (Wildman–Crippen LogP) is 3.28. The van der Waals surface area contributed by atoms with Crippen LogP contribution in [0.4, 0.5) is 13.2 Å². The number of benzene rings is 2. The normalized spacial score (nSPS) is 11.6. The first kappa shape index (κ1) is 15.8. The fraction of sp³-hybridized carbons (Fsp3) is 0.0588. The summed E-state index contributed by atoms with van der Waals surface area (Å²) in [6.07, 6.45) is -5.33. The van der Waals surface area contributed by atoms with Crippen molar-refractivity contribution in [2.24, 2.45) is 0 Å². The molecule has 0 fully saturated rings. The van der Waals surface area contributed by atoms with Crippen molar-refractivity contribution in [3.63, 3.8) is 0 Å². The average Bonchev–Trinajstić information content (AvgIpc) is 2.54. The minimum absolute atomic E-state index is 0.176. The molecule has 4 nitrogen and oxygen atoms in total. The summed E-state index contributed by atoms with van der Waals surface area (Å²) in [5.74, 6) is -3.79. The number of halogens is 3. The molecule has 0 saturated carbocycles. The van der Waals surface area contributed by atoms with Crippen molar-refractivity contribution in [3.05, 3.63) is 64.5 Å². The lowest BCUT2D eigenvalue weighted by Crippen LogP contribution is -2.29. The van der Waals surface area contributed by atoms with E-state index in [1.165, 1.54) is 18.2 Å². The van der Waals surface area contributed by atoms with E-state index in [-0.39, 0.29) is 11.0 Å². The third-order valence-corrected chi connectivity index (χ3v) is 3.45. The Morgan fingerprint density at radius 1 is 1.00 bits per heavy atom. The molecule has 0 N–H and O–H groups in total. The molecule has 0 spiro atoms. The fourth-order valence-electron chi connectivity index (χ4n) is 2.32. The van der Waals surface area contributed by atoms with E-state index in [1.807, 2.05) is 0 Å². The van der Waals surface area contributed by atoms with E-state index >= 15 is 0 Å². The summed E-state index contributed by atoms with van der Waals surface area (Å²) >= 11 is 0. The number of Topliss-reactive ketones (excluding diaryl/α,β-unsaturated/α-hetero) is 1. The summed E-state index contributed by atoms with van der Waals surface area (Å²) in [4.78, 5) is 23.0. The summed E-state index contributed by atoms with van der Waals surface area (Å²) in [6, 6.07) is 13.0. The van der Waals surface area contributed by atoms with Crippen molar-refractivity contribution < 1.29 is 27.5 Å². The van der Waals surface area contributed by atoms with Gasteiger partial charge in [0.15, 0.2) is 0 Å². The smallest absolute Gasteiger partial charge is 0.455 e. The van der Waals surface area contributed by atoms with Crippen LogP contribution in [-0.2, 0) is 0 Å². The van der Waals surface area contributed by atoms with Crippen LogP contribution >= 0.6 is 0 Å². The predicted molar refractivity (Wildman–Crippen MR) is 77.8 cm³/mol. The molecule has 0 unspecified atom stereocenters. The van der Waals surface area contributed by atoms with E-state index in [9.17, 15) is 27.9 Å². The van der Waals surface area contributed by atoms with Crippen LogP contribution < -0.4 is 10.7 Å². The molecule has 0 atom stereocenters. The number of alkyl halides is 3. The lowest BCUT2D eigenvalue weighted by molar-refractivity contribution is -0.266. The van der Waals surface area contributed by atoms with Gasteiger partial charge in [0.1, 0.15) is 11.1 Å². The van der Waals surface area contributed by atoms with Crippen molar-refractivity contribution in [1.29, 1.82) is 0 Å². The molecule has 0 aliphatic heterocycles. The van der Waals surface area contributed by atoms with E-state index in [0.717, 1.165) is 5.56 Å². The largest absolute Gasteiger partial charge is 0.871 e. The number of carbonyl (C=O) groups excluding carboxylic acids is 1. The standard InChI is InChI=1S/C17H9F3O4/c18-17(19,20)15(22)13-14(21)11-7-6-10(8-12(11)24-16(13)23)9-4-2-1-3-5-9/h1-8,21H/p-1. The fourth-order valence-corrected chi connectivity index (χ4v) is 2.32. The minimum Gasteiger partial charge on any atom is -0.871 e. The maximum atomic E-state index is 12.5. The summed E-state index contributed by atoms with van der Waals surface area (Å²) < 4.78 is 42.3. The van der Waals surface area contributed by atoms with Gasteiger partial charge >= 0.3 is 11.8 Å². The van der Waals surface area contributed by atoms with Crippen LogP contribution in [0.2, 0.25) is 0 Å². The number of carbonyl (C=O) groups is 1. The quantitative estimate of drug-likeness (QED) is 0.533. The SMILES string of the molecule is O=C(c1c([O-])c2ccc(-c3ccccc3)cc2oc1=O)C(F)(F)F. The second-order valence-electron chi connectivity index (χ2n) is 5.00. The number of fused-ring (bicyclic) bond motifs is 1. The monoisotopic (exact) mass is 333 g/mol. The first-order chi connectivity index (χ1) is 11.3. The number of hydrogen-bond acceptors (Lipinski definition) is 4. The van der Waals surface area contributed by atoms with Crippen LogP contribution in [0, 0.1) is 0 Å². The zero-order chi connectivity index (χ0) is 17.5. The summed E-state index contributed by atoms with van der Waals surface area (Å²) in [6.45, 7) is 0. The minimum atomic E-state index is -5.33. The Balaban J connectivity index is 2.22. The molecule has 3 rings (SSSR count). The molecule has 7 heteroatoms. The number of ketones is 1. The maximum absolute atomic E-state index is 12.5. The second kappa shape index (κ2) is 5.52. The molecule has 1 aromatic heterocycles. The highest BCUT2D eigenvalue weighted by atomic mass is 19.4. The zero-order valence-corrected chi connectivity index (χ0v) is 11.9. The van der Waals surface area contributed by atoms with Gasteiger partial charge in [-0.1, -0.05) is 48.2 Å². The van der Waals surface area contributed by atoms with Gasteiger partial charge in [-0.05, 0) is 17.2 Å². The average molecular weight is 333 g/mol. The third kappa shape index (κ3) is 2.64. The second-order valence-corrected chi connectivity index (χ2v) is 5.00. The molecular weight excluding hydrogens is 325 g/mol. The van der Waals surface area contributed by atoms with Gasteiger partial charge in [-0.3, -0.25) is 4.79 Å². The summed E-state index contributed by atoms with van der Waals surface area (Å²) in [7, 11) is 0. The summed E-state index contributed by atoms with van der Waals surface area (Å²) in [5.41, 5.74) is -1.92. The van der Waals surface area contributed by atoms with Gasteiger partial charge in [-0.2, -0.15) is 13.2 Å². The lowest BCUT2D eigenvalue weighted by Gasteiger charge is -2.15. The highest BCUT2D eigenvalue weighted by molar-refractivity contribution is 6.05. The third-order valence-electron chi connectivity index (χ3n) is 3.45. The van der Waals surface area contributed by atoms with E-state index in [0.29, 0.717) is 5.56 Å². The maximum Gasteiger partial charge on any atom is 0.455 e. The Morgan fingerprint density at radius 3 is 2.29 bits per heavy atom. The van der Waals surface area contributed by atoms with Crippen molar-refractivity contribution in [2.45, 2.75) is 6.18 Å². The van der Waals surface area contributed by atoms with Crippen LogP contribution in [0.3, 0.4) is 0 Å². The molecule has 0 aliphatic carbocycles. The van der Waals surface area contributed by atoms with E-state index in [1.54, 1.807) is 30.3 Å². The molecule has 0 radical (unpaired) electrons. The molecule has 3 aromatic rings. The van der Waals surface area contributed by atoms with Crippen molar-refractivity contribution >= 4 is 16.8 Å². The molecular formula is C17H8F3O4-. The van der Waals surface area contributed by atoms with Gasteiger partial charge < -0.3 is 9.52 Å². The van der Waals surface area contributed by atoms with Crippen molar-refractivity contribution in [3.8, 4) is 16.9 Å². The van der Waals surface area contributed by atoms with E-state index in [4.69, 9.17) is 4.42 Å². The van der Waals surface area contributed by atoms with Gasteiger partial charge in [-0.15, -0.1) is 0 Å². The van der Waals surface area contributed by atoms with Gasteiger partial charge in [0.25, 0.3) is 5.78 Å². The first-order valence-corrected chi connectivity index (χ1v) is 6.74. The van der Waals surface area contributed by atoms with Gasteiger partial charge in [0.2, 0.25) is 0 Å². The van der Waals surface area contributed by atoms with Crippen LogP contribution in [-0.4, -0.2) is 12.0 Å². The van der Waals surface area contributed by atoms with Crippen LogP contribution in [0.5, 0.6) is 5.75 Å². The Kier molecular flexibility index (Phi) is 3.63. The molecule has 0 amide bonds. The highest BCUT2D eigenvalue weighted by Crippen LogP contribution is 2.31. The molecule has 1 heterocycles. The van der Waals surface area contributed by atoms with Gasteiger partial charge in [0.05, 0.1) is 0 Å². The molecule has 122 valence electrons. The lowest BCUT2D eigenvalue weighted by atomic mass is 10.0.